The Balaban J connectivity index is 2.40. The van der Waals surface area contributed by atoms with Gasteiger partial charge in [-0.15, -0.1) is 0 Å². The van der Waals surface area contributed by atoms with Gasteiger partial charge in [-0.1, -0.05) is 26.7 Å². The van der Waals surface area contributed by atoms with Crippen LogP contribution in [0, 0.1) is 5.92 Å². The summed E-state index contributed by atoms with van der Waals surface area (Å²) in [6.45, 7) is 4.25. The highest BCUT2D eigenvalue weighted by atomic mass is 16.5. The zero-order valence-electron chi connectivity index (χ0n) is 10.1. The molecule has 0 aromatic rings. The second-order valence-corrected chi connectivity index (χ2v) is 4.54. The zero-order chi connectivity index (χ0) is 11.3. The van der Waals surface area contributed by atoms with Gasteiger partial charge in [-0.2, -0.15) is 0 Å². The van der Waals surface area contributed by atoms with Crippen LogP contribution in [-0.4, -0.2) is 25.2 Å². The molecular weight excluding hydrogens is 190 g/mol. The van der Waals surface area contributed by atoms with E-state index in [1.54, 1.807) is 7.05 Å². The Bertz CT molecular complexity index is 206. The number of likely N-dealkylation sites (N-methyl/N-ethyl adjacent to an activating group) is 1. The van der Waals surface area contributed by atoms with Gasteiger partial charge in [0.15, 0.2) is 0 Å². The second-order valence-electron chi connectivity index (χ2n) is 4.54. The van der Waals surface area contributed by atoms with E-state index in [1.807, 2.05) is 6.92 Å². The maximum atomic E-state index is 11.5. The molecule has 3 heteroatoms. The molecule has 0 aliphatic heterocycles. The van der Waals surface area contributed by atoms with Gasteiger partial charge in [-0.05, 0) is 25.2 Å². The number of rotatable bonds is 4. The van der Waals surface area contributed by atoms with Crippen molar-refractivity contribution >= 4 is 5.91 Å². The minimum absolute atomic E-state index is 0.00993. The lowest BCUT2D eigenvalue weighted by atomic mass is 9.88. The number of nitrogens with one attached hydrogen (secondary N) is 1. The van der Waals surface area contributed by atoms with E-state index in [0.29, 0.717) is 0 Å². The summed E-state index contributed by atoms with van der Waals surface area (Å²) in [5, 5.41) is 2.65. The van der Waals surface area contributed by atoms with Crippen molar-refractivity contribution in [2.24, 2.45) is 5.92 Å². The third-order valence-corrected chi connectivity index (χ3v) is 3.15. The van der Waals surface area contributed by atoms with E-state index < -0.39 is 0 Å². The van der Waals surface area contributed by atoms with Gasteiger partial charge in [-0.25, -0.2) is 0 Å². The van der Waals surface area contributed by atoms with E-state index in [0.717, 1.165) is 25.2 Å². The Morgan fingerprint density at radius 3 is 2.80 bits per heavy atom. The Labute approximate surface area is 92.6 Å². The molecule has 1 rings (SSSR count). The highest BCUT2D eigenvalue weighted by Gasteiger charge is 2.24. The average Bonchev–Trinajstić information content (AvgIpc) is 2.25. The van der Waals surface area contributed by atoms with Crippen LogP contribution in [0.3, 0.4) is 0 Å². The first kappa shape index (κ1) is 12.5. The molecule has 1 aliphatic rings. The normalized spacial score (nSPS) is 28.5. The van der Waals surface area contributed by atoms with Crippen LogP contribution in [0.15, 0.2) is 0 Å². The molecular formula is C12H23NO2. The SMILES string of the molecule is CC[C@H](O[C@H]1CCC[C@H](C)C1)C(=O)NC. The summed E-state index contributed by atoms with van der Waals surface area (Å²) in [5.41, 5.74) is 0. The molecule has 0 saturated heterocycles. The van der Waals surface area contributed by atoms with Gasteiger partial charge in [-0.3, -0.25) is 4.79 Å². The maximum absolute atomic E-state index is 11.5. The van der Waals surface area contributed by atoms with Gasteiger partial charge >= 0.3 is 0 Å². The molecule has 0 spiro atoms. The van der Waals surface area contributed by atoms with Crippen LogP contribution in [0.2, 0.25) is 0 Å². The van der Waals surface area contributed by atoms with E-state index >= 15 is 0 Å². The number of amides is 1. The van der Waals surface area contributed by atoms with Crippen LogP contribution in [0.4, 0.5) is 0 Å². The second kappa shape index (κ2) is 6.11. The summed E-state index contributed by atoms with van der Waals surface area (Å²) in [7, 11) is 1.66. The predicted octanol–water partition coefficient (Wildman–Crippen LogP) is 2.11. The maximum Gasteiger partial charge on any atom is 0.248 e. The largest absolute Gasteiger partial charge is 0.365 e. The topological polar surface area (TPSA) is 38.3 Å². The molecule has 88 valence electrons. The number of carbonyl (C=O) groups excluding carboxylic acids is 1. The van der Waals surface area contributed by atoms with Gasteiger partial charge in [0.2, 0.25) is 5.91 Å². The lowest BCUT2D eigenvalue weighted by Crippen LogP contribution is -2.37. The van der Waals surface area contributed by atoms with E-state index in [1.165, 1.54) is 12.8 Å². The monoisotopic (exact) mass is 213 g/mol. The van der Waals surface area contributed by atoms with Gasteiger partial charge in [0, 0.05) is 7.05 Å². The van der Waals surface area contributed by atoms with Crippen molar-refractivity contribution in [1.29, 1.82) is 0 Å². The Morgan fingerprint density at radius 2 is 2.27 bits per heavy atom. The van der Waals surface area contributed by atoms with Crippen molar-refractivity contribution in [3.63, 3.8) is 0 Å². The zero-order valence-corrected chi connectivity index (χ0v) is 10.1. The minimum atomic E-state index is -0.259. The first-order valence-electron chi connectivity index (χ1n) is 6.04. The molecule has 0 radical (unpaired) electrons. The van der Waals surface area contributed by atoms with Crippen LogP contribution < -0.4 is 5.32 Å². The van der Waals surface area contributed by atoms with Gasteiger partial charge < -0.3 is 10.1 Å². The Kier molecular flexibility index (Phi) is 5.09. The van der Waals surface area contributed by atoms with Gasteiger partial charge in [0.05, 0.1) is 6.10 Å². The Morgan fingerprint density at radius 1 is 1.53 bits per heavy atom. The van der Waals surface area contributed by atoms with Crippen LogP contribution >= 0.6 is 0 Å². The summed E-state index contributed by atoms with van der Waals surface area (Å²) in [5.74, 6) is 0.752. The first-order chi connectivity index (χ1) is 7.17. The molecule has 1 N–H and O–H groups in total. The van der Waals surface area contributed by atoms with Crippen molar-refractivity contribution in [3.8, 4) is 0 Å². The van der Waals surface area contributed by atoms with Crippen LogP contribution in [0.25, 0.3) is 0 Å². The molecule has 0 unspecified atom stereocenters. The fourth-order valence-corrected chi connectivity index (χ4v) is 2.24. The van der Waals surface area contributed by atoms with Crippen LogP contribution in [0.1, 0.15) is 46.0 Å². The number of hydrogen-bond acceptors (Lipinski definition) is 2. The highest BCUT2D eigenvalue weighted by molar-refractivity contribution is 5.80. The quantitative estimate of drug-likeness (QED) is 0.776. The summed E-state index contributed by atoms with van der Waals surface area (Å²) < 4.78 is 5.85. The third kappa shape index (κ3) is 3.82. The van der Waals surface area contributed by atoms with Crippen LogP contribution in [-0.2, 0) is 9.53 Å². The predicted molar refractivity (Wildman–Crippen MR) is 60.7 cm³/mol. The summed E-state index contributed by atoms with van der Waals surface area (Å²) in [6.07, 6.45) is 5.53. The number of ether oxygens (including phenoxy) is 1. The molecule has 3 atom stereocenters. The first-order valence-corrected chi connectivity index (χ1v) is 6.04. The number of carbonyl (C=O) groups is 1. The summed E-state index contributed by atoms with van der Waals surface area (Å²) in [6, 6.07) is 0. The van der Waals surface area contributed by atoms with Crippen molar-refractivity contribution < 1.29 is 9.53 Å². The smallest absolute Gasteiger partial charge is 0.248 e. The molecule has 0 heterocycles. The molecule has 1 fully saturated rings. The number of hydrogen-bond donors (Lipinski definition) is 1. The molecule has 1 saturated carbocycles. The molecule has 1 aliphatic carbocycles. The van der Waals surface area contributed by atoms with Crippen LogP contribution in [0.5, 0.6) is 0 Å². The van der Waals surface area contributed by atoms with Gasteiger partial charge in [0.1, 0.15) is 6.10 Å². The van der Waals surface area contributed by atoms with E-state index in [2.05, 4.69) is 12.2 Å². The molecule has 0 aromatic carbocycles. The summed E-state index contributed by atoms with van der Waals surface area (Å²) >= 11 is 0. The van der Waals surface area contributed by atoms with Gasteiger partial charge in [0.25, 0.3) is 0 Å². The highest BCUT2D eigenvalue weighted by Crippen LogP contribution is 2.26. The molecule has 0 aromatic heterocycles. The molecule has 1 amide bonds. The molecule has 0 bridgehead atoms. The fraction of sp³-hybridized carbons (Fsp3) is 0.917. The fourth-order valence-electron chi connectivity index (χ4n) is 2.24. The van der Waals surface area contributed by atoms with Crippen molar-refractivity contribution in [2.45, 2.75) is 58.2 Å². The van der Waals surface area contributed by atoms with E-state index in [9.17, 15) is 4.79 Å². The lowest BCUT2D eigenvalue weighted by molar-refractivity contribution is -0.138. The Hall–Kier alpha value is -0.570. The average molecular weight is 213 g/mol. The lowest BCUT2D eigenvalue weighted by Gasteiger charge is -2.29. The van der Waals surface area contributed by atoms with Crippen molar-refractivity contribution in [1.82, 2.24) is 5.32 Å². The van der Waals surface area contributed by atoms with E-state index in [-0.39, 0.29) is 18.1 Å². The third-order valence-electron chi connectivity index (χ3n) is 3.15. The standard InChI is InChI=1S/C12H23NO2/c1-4-11(12(14)13-3)15-10-7-5-6-9(2)8-10/h9-11H,4-8H2,1-3H3,(H,13,14)/t9-,10-,11-/m0/s1. The van der Waals surface area contributed by atoms with Crippen molar-refractivity contribution in [3.05, 3.63) is 0 Å². The summed E-state index contributed by atoms with van der Waals surface area (Å²) in [4.78, 5) is 11.5. The van der Waals surface area contributed by atoms with E-state index in [4.69, 9.17) is 4.74 Å². The molecule has 3 nitrogen and oxygen atoms in total. The van der Waals surface area contributed by atoms with Crippen molar-refractivity contribution in [2.75, 3.05) is 7.05 Å². The molecule has 15 heavy (non-hydrogen) atoms. The minimum Gasteiger partial charge on any atom is -0.365 e.